The Morgan fingerprint density at radius 3 is 2.43 bits per heavy atom. The molecule has 242 valence electrons. The van der Waals surface area contributed by atoms with E-state index in [-0.39, 0.29) is 0 Å². The summed E-state index contributed by atoms with van der Waals surface area (Å²) in [6.07, 6.45) is 22.2. The van der Waals surface area contributed by atoms with Crippen LogP contribution in [0.25, 0.3) is 12.2 Å². The fourth-order valence-electron chi connectivity index (χ4n) is 9.45. The van der Waals surface area contributed by atoms with E-state index >= 15 is 0 Å². The number of rotatable bonds is 2. The molecule has 0 aromatic heterocycles. The standard InChI is InChI=1S/C43H52OS2/c1-30-8-7-17-43(2,27-30)41-22-31-18-32-19-33(25-42(44)24-32)21-37-11-5-3-9-35(37)14-16-40(29-46-45-28-34(20-31)23-41)39-15-13-36-10-4-6-12-38(36)26-39/h3-7,9-13,17,19,24-26,30-31,34,39-41,44H,8,14-16,18,20-23,27-29H2,1-2H3/t30-,31+,34+,39+,40+,41+,43+/m1/s1. The molecule has 1 heterocycles. The molecule has 3 heteroatoms. The average Bonchev–Trinajstić information content (AvgIpc) is 3.04. The Morgan fingerprint density at radius 1 is 0.804 bits per heavy atom. The monoisotopic (exact) mass is 648 g/mol. The number of phenolic OH excluding ortho intramolecular Hbond substituents is 1. The van der Waals surface area contributed by atoms with Gasteiger partial charge in [0.1, 0.15) is 5.75 Å². The van der Waals surface area contributed by atoms with Crippen LogP contribution in [0.15, 0.2) is 78.9 Å². The Labute approximate surface area is 285 Å². The molecule has 0 amide bonds. The molecule has 0 saturated heterocycles. The van der Waals surface area contributed by atoms with Gasteiger partial charge in [-0.05, 0) is 150 Å². The van der Waals surface area contributed by atoms with Gasteiger partial charge in [0.15, 0.2) is 0 Å². The maximum absolute atomic E-state index is 10.9. The zero-order valence-electron chi connectivity index (χ0n) is 27.9. The van der Waals surface area contributed by atoms with Crippen molar-refractivity contribution < 1.29 is 5.11 Å². The molecular weight excluding hydrogens is 597 g/mol. The summed E-state index contributed by atoms with van der Waals surface area (Å²) in [5.41, 5.74) is 5.78. The van der Waals surface area contributed by atoms with Crippen molar-refractivity contribution in [3.63, 3.8) is 0 Å². The van der Waals surface area contributed by atoms with E-state index in [1.54, 1.807) is 0 Å². The Morgan fingerprint density at radius 2 is 1.57 bits per heavy atom. The summed E-state index contributed by atoms with van der Waals surface area (Å²) < 4.78 is 0. The molecule has 3 aliphatic carbocycles. The number of hydrogen-bond acceptors (Lipinski definition) is 3. The molecule has 3 aromatic carbocycles. The third-order valence-corrected chi connectivity index (χ3v) is 14.4. The quantitative estimate of drug-likeness (QED) is 0.221. The van der Waals surface area contributed by atoms with Crippen LogP contribution in [0.1, 0.15) is 81.0 Å². The summed E-state index contributed by atoms with van der Waals surface area (Å²) in [5.74, 6) is 7.11. The van der Waals surface area contributed by atoms with Crippen LogP contribution < -0.4 is 10.4 Å². The van der Waals surface area contributed by atoms with E-state index in [1.165, 1.54) is 82.7 Å². The van der Waals surface area contributed by atoms with Crippen LogP contribution in [0.2, 0.25) is 0 Å². The summed E-state index contributed by atoms with van der Waals surface area (Å²) in [6, 6.07) is 24.5. The van der Waals surface area contributed by atoms with Gasteiger partial charge in [0.2, 0.25) is 0 Å². The van der Waals surface area contributed by atoms with Crippen LogP contribution in [0.5, 0.6) is 5.75 Å². The normalized spacial score (nSPS) is 31.8. The second kappa shape index (κ2) is 14.4. The lowest BCUT2D eigenvalue weighted by Crippen LogP contribution is -2.37. The number of phenols is 1. The number of fused-ring (bicyclic) bond motifs is 6. The second-order valence-corrected chi connectivity index (χ2v) is 18.1. The first-order valence-electron chi connectivity index (χ1n) is 18.0. The molecule has 1 fully saturated rings. The van der Waals surface area contributed by atoms with Gasteiger partial charge in [-0.1, -0.05) is 114 Å². The van der Waals surface area contributed by atoms with E-state index in [4.69, 9.17) is 0 Å². The van der Waals surface area contributed by atoms with Crippen LogP contribution in [0.4, 0.5) is 0 Å². The summed E-state index contributed by atoms with van der Waals surface area (Å²) >= 11 is 0. The Bertz CT molecular complexity index is 1660. The first kappa shape index (κ1) is 32.2. The third-order valence-electron chi connectivity index (χ3n) is 11.8. The number of benzene rings is 3. The lowest BCUT2D eigenvalue weighted by Gasteiger charge is -2.46. The SMILES string of the molecule is C[C@@H]1CC=C[C@](C)([C@@H]2C[C@H]3CSSC[C@@H]([C@@H]4C=c5ccccc5=CC4)CCc4ccccc4Cc4cc(O)cc(c4)C[C@@H](C3)C2)C1. The summed E-state index contributed by atoms with van der Waals surface area (Å²) in [6.45, 7) is 5.01. The highest BCUT2D eigenvalue weighted by molar-refractivity contribution is 8.76. The minimum atomic E-state index is 0.313. The molecule has 0 unspecified atom stereocenters. The van der Waals surface area contributed by atoms with Crippen molar-refractivity contribution in [3.8, 4) is 5.75 Å². The van der Waals surface area contributed by atoms with Gasteiger partial charge >= 0.3 is 0 Å². The minimum Gasteiger partial charge on any atom is -0.508 e. The van der Waals surface area contributed by atoms with Crippen molar-refractivity contribution in [2.45, 2.75) is 78.1 Å². The summed E-state index contributed by atoms with van der Waals surface area (Å²) in [4.78, 5) is 0. The van der Waals surface area contributed by atoms with Crippen LogP contribution in [-0.4, -0.2) is 16.6 Å². The number of aryl methyl sites for hydroxylation is 1. The Balaban J connectivity index is 1.18. The average molecular weight is 649 g/mol. The number of hydrogen-bond donors (Lipinski definition) is 1. The van der Waals surface area contributed by atoms with E-state index < -0.39 is 0 Å². The van der Waals surface area contributed by atoms with E-state index in [2.05, 4.69) is 120 Å². The molecule has 1 N–H and O–H groups in total. The van der Waals surface area contributed by atoms with Gasteiger partial charge < -0.3 is 5.11 Å². The van der Waals surface area contributed by atoms with Gasteiger partial charge in [0.25, 0.3) is 0 Å². The zero-order chi connectivity index (χ0) is 31.5. The molecule has 3 aromatic rings. The molecule has 1 aliphatic heterocycles. The van der Waals surface area contributed by atoms with E-state index in [1.807, 2.05) is 6.07 Å². The van der Waals surface area contributed by atoms with Crippen LogP contribution in [-0.2, 0) is 19.3 Å². The highest BCUT2D eigenvalue weighted by Gasteiger charge is 2.40. The topological polar surface area (TPSA) is 20.2 Å². The number of aromatic hydroxyl groups is 1. The third kappa shape index (κ3) is 7.68. The van der Waals surface area contributed by atoms with E-state index in [0.717, 1.165) is 43.4 Å². The summed E-state index contributed by atoms with van der Waals surface area (Å²) in [5, 5.41) is 13.7. The van der Waals surface area contributed by atoms with Crippen LogP contribution in [0.3, 0.4) is 0 Å². The van der Waals surface area contributed by atoms with Crippen molar-refractivity contribution in [1.29, 1.82) is 0 Å². The van der Waals surface area contributed by atoms with Crippen molar-refractivity contribution in [1.82, 2.24) is 0 Å². The highest BCUT2D eigenvalue weighted by Crippen LogP contribution is 2.51. The zero-order valence-corrected chi connectivity index (χ0v) is 29.5. The second-order valence-electron chi connectivity index (χ2n) is 15.5. The van der Waals surface area contributed by atoms with Crippen LogP contribution in [0, 0.1) is 40.9 Å². The predicted octanol–water partition coefficient (Wildman–Crippen LogP) is 9.78. The molecular formula is C43H52OS2. The van der Waals surface area contributed by atoms with Crippen molar-refractivity contribution in [3.05, 3.63) is 112 Å². The predicted molar refractivity (Wildman–Crippen MR) is 200 cm³/mol. The van der Waals surface area contributed by atoms with Gasteiger partial charge in [-0.25, -0.2) is 0 Å². The maximum Gasteiger partial charge on any atom is 0.116 e. The maximum atomic E-state index is 10.9. The fraction of sp³-hybridized carbons (Fsp3) is 0.488. The Kier molecular flexibility index (Phi) is 10.1. The molecule has 1 saturated carbocycles. The molecule has 7 atom stereocenters. The van der Waals surface area contributed by atoms with Gasteiger partial charge in [0, 0.05) is 11.5 Å². The van der Waals surface area contributed by atoms with Gasteiger partial charge in [-0.3, -0.25) is 0 Å². The smallest absolute Gasteiger partial charge is 0.116 e. The first-order chi connectivity index (χ1) is 22.4. The molecule has 4 bridgehead atoms. The molecule has 0 radical (unpaired) electrons. The number of allylic oxidation sites excluding steroid dienone is 2. The van der Waals surface area contributed by atoms with Gasteiger partial charge in [0.05, 0.1) is 0 Å². The first-order valence-corrected chi connectivity index (χ1v) is 20.5. The van der Waals surface area contributed by atoms with Crippen molar-refractivity contribution in [2.24, 2.45) is 40.9 Å². The lowest BCUT2D eigenvalue weighted by molar-refractivity contribution is 0.0932. The van der Waals surface area contributed by atoms with E-state index in [9.17, 15) is 5.11 Å². The highest BCUT2D eigenvalue weighted by atomic mass is 33.1. The minimum absolute atomic E-state index is 0.313. The molecule has 0 spiro atoms. The van der Waals surface area contributed by atoms with Crippen LogP contribution >= 0.6 is 21.6 Å². The fourth-order valence-corrected chi connectivity index (χ4v) is 12.4. The van der Waals surface area contributed by atoms with E-state index in [0.29, 0.717) is 28.9 Å². The summed E-state index contributed by atoms with van der Waals surface area (Å²) in [7, 11) is 4.33. The molecule has 7 rings (SSSR count). The molecule has 4 aliphatic rings. The van der Waals surface area contributed by atoms with Crippen molar-refractivity contribution in [2.75, 3.05) is 11.5 Å². The molecule has 46 heavy (non-hydrogen) atoms. The lowest BCUT2D eigenvalue weighted by atomic mass is 9.60. The van der Waals surface area contributed by atoms with Gasteiger partial charge in [-0.15, -0.1) is 0 Å². The van der Waals surface area contributed by atoms with Gasteiger partial charge in [-0.2, -0.15) is 0 Å². The largest absolute Gasteiger partial charge is 0.508 e. The Hall–Kier alpha value is -2.36. The van der Waals surface area contributed by atoms with Crippen molar-refractivity contribution >= 4 is 33.7 Å². The molecule has 1 nitrogen and oxygen atoms in total.